The van der Waals surface area contributed by atoms with Gasteiger partial charge in [0, 0.05) is 32.4 Å². The van der Waals surface area contributed by atoms with Gasteiger partial charge in [-0.25, -0.2) is 0 Å². The molecule has 0 radical (unpaired) electrons. The summed E-state index contributed by atoms with van der Waals surface area (Å²) in [5, 5.41) is 12.0. The zero-order valence-corrected chi connectivity index (χ0v) is 11.7. The van der Waals surface area contributed by atoms with Crippen LogP contribution in [0, 0.1) is 11.3 Å². The molecule has 0 amide bonds. The van der Waals surface area contributed by atoms with E-state index in [1.54, 1.807) is 12.1 Å². The Balaban J connectivity index is 2.16. The van der Waals surface area contributed by atoms with Crippen molar-refractivity contribution in [2.75, 3.05) is 26.0 Å². The summed E-state index contributed by atoms with van der Waals surface area (Å²) in [5.74, 6) is 0. The number of nitriles is 1. The Morgan fingerprint density at radius 2 is 2.21 bits per heavy atom. The molecule has 1 unspecified atom stereocenters. The molecule has 0 aliphatic carbocycles. The first kappa shape index (κ1) is 13.8. The highest BCUT2D eigenvalue weighted by Crippen LogP contribution is 2.23. The van der Waals surface area contributed by atoms with Crippen molar-refractivity contribution >= 4 is 15.9 Å². The Hall–Kier alpha value is -1.62. The van der Waals surface area contributed by atoms with Gasteiger partial charge in [-0.2, -0.15) is 22.7 Å². The maximum atomic E-state index is 11.8. The smallest absolute Gasteiger partial charge is 0.279 e. The van der Waals surface area contributed by atoms with E-state index < -0.39 is 10.2 Å². The molecule has 19 heavy (non-hydrogen) atoms. The van der Waals surface area contributed by atoms with Crippen LogP contribution in [0.1, 0.15) is 11.1 Å². The minimum Gasteiger partial charge on any atom is -0.383 e. The molecule has 1 aliphatic heterocycles. The Kier molecular flexibility index (Phi) is 3.75. The first-order valence-electron chi connectivity index (χ1n) is 5.89. The van der Waals surface area contributed by atoms with Crippen LogP contribution >= 0.6 is 0 Å². The molecule has 0 aromatic heterocycles. The van der Waals surface area contributed by atoms with E-state index in [1.807, 2.05) is 6.07 Å². The molecule has 1 heterocycles. The van der Waals surface area contributed by atoms with Crippen LogP contribution in [-0.2, 0) is 16.6 Å². The molecule has 0 fully saturated rings. The molecule has 0 saturated heterocycles. The molecular formula is C12H16N4O2S. The zero-order valence-electron chi connectivity index (χ0n) is 10.8. The first-order chi connectivity index (χ1) is 8.92. The van der Waals surface area contributed by atoms with Crippen molar-refractivity contribution in [3.63, 3.8) is 0 Å². The SMILES string of the molecule is CN(C)S(=O)(=O)NC1CNc2ccc(C#N)cc2C1. The van der Waals surface area contributed by atoms with E-state index in [4.69, 9.17) is 5.26 Å². The quantitative estimate of drug-likeness (QED) is 0.833. The molecule has 6 nitrogen and oxygen atoms in total. The number of nitrogens with zero attached hydrogens (tertiary/aromatic N) is 2. The van der Waals surface area contributed by atoms with Crippen molar-refractivity contribution in [2.45, 2.75) is 12.5 Å². The second-order valence-electron chi connectivity index (χ2n) is 4.67. The lowest BCUT2D eigenvalue weighted by Gasteiger charge is -2.27. The predicted molar refractivity (Wildman–Crippen MR) is 72.9 cm³/mol. The maximum absolute atomic E-state index is 11.8. The largest absolute Gasteiger partial charge is 0.383 e. The number of nitrogens with one attached hydrogen (secondary N) is 2. The Morgan fingerprint density at radius 3 is 2.84 bits per heavy atom. The minimum absolute atomic E-state index is 0.214. The molecule has 1 aromatic carbocycles. The van der Waals surface area contributed by atoms with Crippen molar-refractivity contribution in [3.05, 3.63) is 29.3 Å². The van der Waals surface area contributed by atoms with Crippen LogP contribution in [-0.4, -0.2) is 39.4 Å². The summed E-state index contributed by atoms with van der Waals surface area (Å²) in [5.41, 5.74) is 2.49. The van der Waals surface area contributed by atoms with E-state index >= 15 is 0 Å². The van der Waals surface area contributed by atoms with Crippen molar-refractivity contribution in [3.8, 4) is 6.07 Å². The summed E-state index contributed by atoms with van der Waals surface area (Å²) in [4.78, 5) is 0. The molecule has 2 rings (SSSR count). The summed E-state index contributed by atoms with van der Waals surface area (Å²) < 4.78 is 27.3. The average molecular weight is 280 g/mol. The summed E-state index contributed by atoms with van der Waals surface area (Å²) in [7, 11) is -0.465. The first-order valence-corrected chi connectivity index (χ1v) is 7.33. The molecule has 0 spiro atoms. The monoisotopic (exact) mass is 280 g/mol. The van der Waals surface area contributed by atoms with Gasteiger partial charge in [0.1, 0.15) is 0 Å². The van der Waals surface area contributed by atoms with Gasteiger partial charge in [0.15, 0.2) is 0 Å². The van der Waals surface area contributed by atoms with Crippen molar-refractivity contribution in [1.82, 2.24) is 9.03 Å². The summed E-state index contributed by atoms with van der Waals surface area (Å²) in [6.07, 6.45) is 0.574. The Bertz CT molecular complexity index is 619. The molecule has 7 heteroatoms. The molecule has 102 valence electrons. The highest BCUT2D eigenvalue weighted by molar-refractivity contribution is 7.87. The van der Waals surface area contributed by atoms with Gasteiger partial charge < -0.3 is 5.32 Å². The Morgan fingerprint density at radius 1 is 1.47 bits per heavy atom. The number of hydrogen-bond donors (Lipinski definition) is 2. The van der Waals surface area contributed by atoms with Gasteiger partial charge in [0.25, 0.3) is 10.2 Å². The number of fused-ring (bicyclic) bond motifs is 1. The third-order valence-corrected chi connectivity index (χ3v) is 4.63. The van der Waals surface area contributed by atoms with Gasteiger partial charge >= 0.3 is 0 Å². The lowest BCUT2D eigenvalue weighted by molar-refractivity contribution is 0.485. The lowest BCUT2D eigenvalue weighted by atomic mass is 9.98. The topological polar surface area (TPSA) is 85.2 Å². The number of hydrogen-bond acceptors (Lipinski definition) is 4. The third-order valence-electron chi connectivity index (χ3n) is 3.04. The Labute approximate surface area is 113 Å². The standard InChI is InChI=1S/C12H16N4O2S/c1-16(2)19(17,18)15-11-6-10-5-9(7-13)3-4-12(10)14-8-11/h3-5,11,14-15H,6,8H2,1-2H3. The molecular weight excluding hydrogens is 264 g/mol. The van der Waals surface area contributed by atoms with E-state index in [0.29, 0.717) is 18.5 Å². The van der Waals surface area contributed by atoms with Gasteiger partial charge in [-0.3, -0.25) is 0 Å². The van der Waals surface area contributed by atoms with Crippen LogP contribution in [0.4, 0.5) is 5.69 Å². The van der Waals surface area contributed by atoms with E-state index in [0.717, 1.165) is 15.6 Å². The van der Waals surface area contributed by atoms with Crippen LogP contribution in [0.15, 0.2) is 18.2 Å². The van der Waals surface area contributed by atoms with E-state index in [1.165, 1.54) is 14.1 Å². The highest BCUT2D eigenvalue weighted by Gasteiger charge is 2.24. The summed E-state index contributed by atoms with van der Waals surface area (Å²) >= 11 is 0. The van der Waals surface area contributed by atoms with Crippen LogP contribution in [0.2, 0.25) is 0 Å². The molecule has 0 saturated carbocycles. The van der Waals surface area contributed by atoms with Crippen LogP contribution in [0.3, 0.4) is 0 Å². The normalized spacial score (nSPS) is 18.5. The number of rotatable bonds is 3. The highest BCUT2D eigenvalue weighted by atomic mass is 32.2. The molecule has 0 bridgehead atoms. The number of anilines is 1. The van der Waals surface area contributed by atoms with E-state index in [2.05, 4.69) is 16.1 Å². The van der Waals surface area contributed by atoms with Crippen LogP contribution < -0.4 is 10.0 Å². The van der Waals surface area contributed by atoms with Gasteiger partial charge in [0.05, 0.1) is 11.6 Å². The van der Waals surface area contributed by atoms with Crippen molar-refractivity contribution in [1.29, 1.82) is 5.26 Å². The predicted octanol–water partition coefficient (Wildman–Crippen LogP) is 0.291. The zero-order chi connectivity index (χ0) is 14.0. The molecule has 1 aliphatic rings. The van der Waals surface area contributed by atoms with Gasteiger partial charge in [-0.1, -0.05) is 0 Å². The fraction of sp³-hybridized carbons (Fsp3) is 0.417. The van der Waals surface area contributed by atoms with Crippen molar-refractivity contribution in [2.24, 2.45) is 0 Å². The lowest BCUT2D eigenvalue weighted by Crippen LogP contribution is -2.47. The number of benzene rings is 1. The fourth-order valence-electron chi connectivity index (χ4n) is 1.97. The maximum Gasteiger partial charge on any atom is 0.279 e. The minimum atomic E-state index is -3.44. The van der Waals surface area contributed by atoms with Gasteiger partial charge in [0.2, 0.25) is 0 Å². The second kappa shape index (κ2) is 5.17. The van der Waals surface area contributed by atoms with Gasteiger partial charge in [-0.15, -0.1) is 0 Å². The van der Waals surface area contributed by atoms with Gasteiger partial charge in [-0.05, 0) is 30.2 Å². The van der Waals surface area contributed by atoms with E-state index in [9.17, 15) is 8.42 Å². The fourth-order valence-corrected chi connectivity index (χ4v) is 2.77. The third kappa shape index (κ3) is 3.04. The average Bonchev–Trinajstić information content (AvgIpc) is 2.37. The van der Waals surface area contributed by atoms with Crippen LogP contribution in [0.25, 0.3) is 0 Å². The van der Waals surface area contributed by atoms with Crippen LogP contribution in [0.5, 0.6) is 0 Å². The van der Waals surface area contributed by atoms with E-state index in [-0.39, 0.29) is 6.04 Å². The second-order valence-corrected chi connectivity index (χ2v) is 6.59. The molecule has 1 atom stereocenters. The molecule has 2 N–H and O–H groups in total. The summed E-state index contributed by atoms with van der Waals surface area (Å²) in [6, 6.07) is 7.26. The molecule has 1 aromatic rings. The van der Waals surface area contributed by atoms with Crippen molar-refractivity contribution < 1.29 is 8.42 Å². The summed E-state index contributed by atoms with van der Waals surface area (Å²) in [6.45, 7) is 0.534.